The molecule has 57 heavy (non-hydrogen) atoms. The molecule has 0 radical (unpaired) electrons. The second-order valence-corrected chi connectivity index (χ2v) is 14.5. The van der Waals surface area contributed by atoms with Crippen molar-refractivity contribution < 1.29 is 0 Å². The van der Waals surface area contributed by atoms with Gasteiger partial charge in [-0.3, -0.25) is 0 Å². The van der Waals surface area contributed by atoms with Crippen LogP contribution in [-0.2, 0) is 0 Å². The summed E-state index contributed by atoms with van der Waals surface area (Å²) in [5.41, 5.74) is 16.5. The molecule has 0 atom stereocenters. The average Bonchev–Trinajstić information content (AvgIpc) is 3.79. The van der Waals surface area contributed by atoms with Crippen LogP contribution in [-0.4, -0.2) is 9.13 Å². The molecule has 2 nitrogen and oxygen atoms in total. The first-order valence-corrected chi connectivity index (χ1v) is 19.6. The maximum atomic E-state index is 4.05. The Labute approximate surface area is 333 Å². The number of fused-ring (bicyclic) bond motifs is 6. The molecule has 0 aliphatic heterocycles. The fourth-order valence-corrected chi connectivity index (χ4v) is 8.67. The number of hydrogen-bond donors (Lipinski definition) is 0. The number of benzene rings is 8. The maximum Gasteiger partial charge on any atom is 0.0546 e. The molecule has 10 rings (SSSR count). The molecule has 0 saturated carbocycles. The normalized spacial score (nSPS) is 12.1. The van der Waals surface area contributed by atoms with E-state index in [4.69, 9.17) is 0 Å². The predicted octanol–water partition coefficient (Wildman–Crippen LogP) is 15.0. The fourth-order valence-electron chi connectivity index (χ4n) is 8.67. The highest BCUT2D eigenvalue weighted by atomic mass is 15.0. The molecule has 0 aliphatic rings. The van der Waals surface area contributed by atoms with Crippen molar-refractivity contribution in [3.05, 3.63) is 225 Å². The van der Waals surface area contributed by atoms with E-state index in [1.807, 2.05) is 6.08 Å². The highest BCUT2D eigenvalue weighted by Gasteiger charge is 2.19. The monoisotopic (exact) mass is 728 g/mol. The van der Waals surface area contributed by atoms with Gasteiger partial charge in [-0.25, -0.2) is 0 Å². The van der Waals surface area contributed by atoms with E-state index < -0.39 is 0 Å². The Kier molecular flexibility index (Phi) is 8.58. The second-order valence-electron chi connectivity index (χ2n) is 14.5. The molecule has 0 N–H and O–H groups in total. The third-order valence-corrected chi connectivity index (χ3v) is 11.2. The molecule has 0 spiro atoms. The zero-order valence-electron chi connectivity index (χ0n) is 31.8. The topological polar surface area (TPSA) is 9.86 Å². The highest BCUT2D eigenvalue weighted by molar-refractivity contribution is 6.13. The van der Waals surface area contributed by atoms with Crippen LogP contribution in [0.15, 0.2) is 219 Å². The van der Waals surface area contributed by atoms with Crippen molar-refractivity contribution in [3.8, 4) is 44.8 Å². The van der Waals surface area contributed by atoms with E-state index in [9.17, 15) is 0 Å². The largest absolute Gasteiger partial charge is 0.309 e. The summed E-state index contributed by atoms with van der Waals surface area (Å²) >= 11 is 0. The molecule has 0 unspecified atom stereocenters. The maximum absolute atomic E-state index is 4.05. The minimum Gasteiger partial charge on any atom is -0.309 e. The number of allylic oxidation sites excluding steroid dienone is 5. The van der Waals surface area contributed by atoms with E-state index >= 15 is 0 Å². The first-order chi connectivity index (χ1) is 28.2. The molecule has 8 aromatic carbocycles. The number of nitrogens with zero attached hydrogens (tertiary/aromatic N) is 2. The SMILES string of the molecule is C=C/C=C(\C=C/C)c1ccc(-c2ccccc2)cc1-n1c2ccccc2c2cc(-c3ccc4c(c3)c3ccccc3n4-c3ccccc3-c3ccccc3)ccc21. The number of aromatic nitrogens is 2. The summed E-state index contributed by atoms with van der Waals surface area (Å²) in [5, 5.41) is 4.92. The van der Waals surface area contributed by atoms with Crippen LogP contribution in [0.25, 0.3) is 93.9 Å². The Hall–Kier alpha value is -7.42. The van der Waals surface area contributed by atoms with Gasteiger partial charge in [0.25, 0.3) is 0 Å². The minimum absolute atomic E-state index is 1.11. The van der Waals surface area contributed by atoms with Crippen LogP contribution in [0.4, 0.5) is 0 Å². The summed E-state index contributed by atoms with van der Waals surface area (Å²) in [6.45, 7) is 6.12. The summed E-state index contributed by atoms with van der Waals surface area (Å²) in [4.78, 5) is 0. The second kappa shape index (κ2) is 14.3. The van der Waals surface area contributed by atoms with Gasteiger partial charge in [0.2, 0.25) is 0 Å². The molecule has 0 aliphatic carbocycles. The first-order valence-electron chi connectivity index (χ1n) is 19.6. The fraction of sp³-hybridized carbons (Fsp3) is 0.0182. The Morgan fingerprint density at radius 1 is 0.421 bits per heavy atom. The van der Waals surface area contributed by atoms with E-state index in [0.29, 0.717) is 0 Å². The van der Waals surface area contributed by atoms with E-state index in [0.717, 1.165) is 16.8 Å². The van der Waals surface area contributed by atoms with Gasteiger partial charge < -0.3 is 9.13 Å². The van der Waals surface area contributed by atoms with Gasteiger partial charge in [0.05, 0.1) is 33.4 Å². The lowest BCUT2D eigenvalue weighted by Crippen LogP contribution is -2.00. The van der Waals surface area contributed by atoms with Crippen LogP contribution in [0.2, 0.25) is 0 Å². The van der Waals surface area contributed by atoms with E-state index in [2.05, 4.69) is 229 Å². The van der Waals surface area contributed by atoms with Crippen LogP contribution in [0.3, 0.4) is 0 Å². The molecule has 0 bridgehead atoms. The summed E-state index contributed by atoms with van der Waals surface area (Å²) in [6, 6.07) is 68.4. The van der Waals surface area contributed by atoms with Crippen LogP contribution >= 0.6 is 0 Å². The van der Waals surface area contributed by atoms with Crippen molar-refractivity contribution >= 4 is 49.2 Å². The Morgan fingerprint density at radius 2 is 0.912 bits per heavy atom. The predicted molar refractivity (Wildman–Crippen MR) is 244 cm³/mol. The smallest absolute Gasteiger partial charge is 0.0546 e. The average molecular weight is 729 g/mol. The summed E-state index contributed by atoms with van der Waals surface area (Å²) in [7, 11) is 0. The molecule has 2 aromatic heterocycles. The summed E-state index contributed by atoms with van der Waals surface area (Å²) in [6.07, 6.45) is 8.24. The van der Waals surface area contributed by atoms with Crippen molar-refractivity contribution in [3.63, 3.8) is 0 Å². The molecule has 2 heterocycles. The Balaban J connectivity index is 1.17. The molecule has 0 amide bonds. The Morgan fingerprint density at radius 3 is 1.53 bits per heavy atom. The van der Waals surface area contributed by atoms with Gasteiger partial charge in [-0.1, -0.05) is 170 Å². The van der Waals surface area contributed by atoms with Gasteiger partial charge in [0.15, 0.2) is 0 Å². The number of para-hydroxylation sites is 3. The van der Waals surface area contributed by atoms with E-state index in [1.165, 1.54) is 82.7 Å². The van der Waals surface area contributed by atoms with Crippen molar-refractivity contribution in [2.75, 3.05) is 0 Å². The molecule has 270 valence electrons. The van der Waals surface area contributed by atoms with Gasteiger partial charge in [0.1, 0.15) is 0 Å². The number of rotatable bonds is 8. The van der Waals surface area contributed by atoms with Gasteiger partial charge in [-0.15, -0.1) is 0 Å². The molecule has 0 fully saturated rings. The quantitative estimate of drug-likeness (QED) is 0.138. The van der Waals surface area contributed by atoms with Crippen LogP contribution in [0.1, 0.15) is 12.5 Å². The van der Waals surface area contributed by atoms with Gasteiger partial charge in [0, 0.05) is 32.7 Å². The lowest BCUT2D eigenvalue weighted by Gasteiger charge is -2.17. The standard InChI is InChI=1S/C55H40N2/c1-3-17-39(18-4-2)45-32-29-43(38-19-7-5-8-20-38)37-55(45)57-52-28-16-13-25-47(52)49-36-42(31-34-54(49)57)41-30-33-53-48(35-41)46-24-12-15-27-51(46)56(53)50-26-14-11-23-44(50)40-21-9-6-10-22-40/h3-37H,1H2,2H3/b18-4-,39-17+. The van der Waals surface area contributed by atoms with Gasteiger partial charge in [-0.05, 0) is 88.8 Å². The zero-order chi connectivity index (χ0) is 38.3. The molecular formula is C55H40N2. The van der Waals surface area contributed by atoms with Crippen molar-refractivity contribution in [1.82, 2.24) is 9.13 Å². The van der Waals surface area contributed by atoms with Crippen molar-refractivity contribution in [1.29, 1.82) is 0 Å². The highest BCUT2D eigenvalue weighted by Crippen LogP contribution is 2.41. The van der Waals surface area contributed by atoms with Crippen LogP contribution in [0.5, 0.6) is 0 Å². The lowest BCUT2D eigenvalue weighted by molar-refractivity contribution is 1.17. The number of hydrogen-bond acceptors (Lipinski definition) is 0. The molecular weight excluding hydrogens is 689 g/mol. The first kappa shape index (κ1) is 34.1. The minimum atomic E-state index is 1.11. The molecule has 0 saturated heterocycles. The molecule has 2 heteroatoms. The van der Waals surface area contributed by atoms with Crippen LogP contribution < -0.4 is 0 Å². The summed E-state index contributed by atoms with van der Waals surface area (Å²) in [5.74, 6) is 0. The Bertz CT molecular complexity index is 3190. The van der Waals surface area contributed by atoms with Crippen molar-refractivity contribution in [2.45, 2.75) is 6.92 Å². The van der Waals surface area contributed by atoms with Gasteiger partial charge in [-0.2, -0.15) is 0 Å². The van der Waals surface area contributed by atoms with E-state index in [1.54, 1.807) is 0 Å². The third kappa shape index (κ3) is 5.82. The van der Waals surface area contributed by atoms with Crippen LogP contribution in [0, 0.1) is 0 Å². The summed E-state index contributed by atoms with van der Waals surface area (Å²) < 4.78 is 4.87. The van der Waals surface area contributed by atoms with Gasteiger partial charge >= 0.3 is 0 Å². The molecule has 10 aromatic rings. The van der Waals surface area contributed by atoms with Crippen molar-refractivity contribution in [2.24, 2.45) is 0 Å². The van der Waals surface area contributed by atoms with E-state index in [-0.39, 0.29) is 0 Å². The lowest BCUT2D eigenvalue weighted by atomic mass is 9.97. The third-order valence-electron chi connectivity index (χ3n) is 11.2. The zero-order valence-corrected chi connectivity index (χ0v) is 31.8.